The Morgan fingerprint density at radius 2 is 1.84 bits per heavy atom. The van der Waals surface area contributed by atoms with Crippen molar-refractivity contribution in [2.75, 3.05) is 0 Å². The first-order valence-corrected chi connectivity index (χ1v) is 7.26. The molecular formula is C17H21ClO. The molecule has 102 valence electrons. The molecule has 19 heavy (non-hydrogen) atoms. The molecule has 2 heteroatoms. The summed E-state index contributed by atoms with van der Waals surface area (Å²) in [6.45, 7) is 6.46. The van der Waals surface area contributed by atoms with Gasteiger partial charge in [-0.15, -0.1) is 0 Å². The van der Waals surface area contributed by atoms with E-state index in [2.05, 4.69) is 20.8 Å². The Labute approximate surface area is 120 Å². The number of hydrogen-bond donors (Lipinski definition) is 0. The summed E-state index contributed by atoms with van der Waals surface area (Å²) in [4.78, 5) is 12.5. The normalized spacial score (nSPS) is 22.8. The predicted molar refractivity (Wildman–Crippen MR) is 81.2 cm³/mol. The van der Waals surface area contributed by atoms with E-state index in [1.54, 1.807) is 0 Å². The Hall–Kier alpha value is -1.08. The molecule has 0 saturated heterocycles. The van der Waals surface area contributed by atoms with Crippen LogP contribution in [0, 0.1) is 11.3 Å². The zero-order chi connectivity index (χ0) is 14.0. The molecule has 0 heterocycles. The highest BCUT2D eigenvalue weighted by Crippen LogP contribution is 2.38. The number of ketones is 1. The van der Waals surface area contributed by atoms with Crippen molar-refractivity contribution >= 4 is 23.5 Å². The lowest BCUT2D eigenvalue weighted by Gasteiger charge is -2.33. The molecule has 0 N–H and O–H groups in total. The predicted octanol–water partition coefficient (Wildman–Crippen LogP) is 5.14. The lowest BCUT2D eigenvalue weighted by atomic mass is 9.70. The summed E-state index contributed by atoms with van der Waals surface area (Å²) in [6.07, 6.45) is 5.04. The number of carbonyl (C=O) groups excluding carboxylic acids is 1. The minimum atomic E-state index is 0.0522. The minimum absolute atomic E-state index is 0.0522. The number of allylic oxidation sites excluding steroid dienone is 1. The second kappa shape index (κ2) is 5.50. The molecule has 1 aromatic carbocycles. The van der Waals surface area contributed by atoms with Crippen LogP contribution in [0.1, 0.15) is 45.6 Å². The molecule has 0 amide bonds. The first-order valence-electron chi connectivity index (χ1n) is 6.88. The largest absolute Gasteiger partial charge is 0.294 e. The SMILES string of the molecule is CC(C)(C)C1CCC/C(=C\c2ccc(Cl)cc2)C1=O. The highest BCUT2D eigenvalue weighted by Gasteiger charge is 2.35. The molecule has 1 aliphatic rings. The van der Waals surface area contributed by atoms with Crippen molar-refractivity contribution in [2.45, 2.75) is 40.0 Å². The van der Waals surface area contributed by atoms with E-state index in [9.17, 15) is 4.79 Å². The first kappa shape index (κ1) is 14.3. The Morgan fingerprint density at radius 1 is 1.21 bits per heavy atom. The Balaban J connectivity index is 2.24. The van der Waals surface area contributed by atoms with Gasteiger partial charge in [-0.3, -0.25) is 4.79 Å². The topological polar surface area (TPSA) is 17.1 Å². The van der Waals surface area contributed by atoms with E-state index in [-0.39, 0.29) is 11.3 Å². The summed E-state index contributed by atoms with van der Waals surface area (Å²) in [5.74, 6) is 0.480. The van der Waals surface area contributed by atoms with Gasteiger partial charge in [0.25, 0.3) is 0 Å². The molecule has 2 rings (SSSR count). The van der Waals surface area contributed by atoms with Gasteiger partial charge in [0.15, 0.2) is 5.78 Å². The van der Waals surface area contributed by atoms with E-state index in [0.717, 1.165) is 35.4 Å². The Kier molecular flexibility index (Phi) is 4.15. The molecule has 0 aliphatic heterocycles. The van der Waals surface area contributed by atoms with Gasteiger partial charge in [0.05, 0.1) is 0 Å². The van der Waals surface area contributed by atoms with Crippen molar-refractivity contribution in [1.29, 1.82) is 0 Å². The van der Waals surface area contributed by atoms with Crippen LogP contribution in [0.15, 0.2) is 29.8 Å². The van der Waals surface area contributed by atoms with E-state index in [1.807, 2.05) is 30.3 Å². The average molecular weight is 277 g/mol. The van der Waals surface area contributed by atoms with Crippen LogP contribution in [0.2, 0.25) is 5.02 Å². The highest BCUT2D eigenvalue weighted by molar-refractivity contribution is 6.30. The van der Waals surface area contributed by atoms with Gasteiger partial charge in [0, 0.05) is 10.9 Å². The standard InChI is InChI=1S/C17H21ClO/c1-17(2,3)15-6-4-5-13(16(15)19)11-12-7-9-14(18)10-8-12/h7-11,15H,4-6H2,1-3H3/b13-11+. The lowest BCUT2D eigenvalue weighted by Crippen LogP contribution is -2.32. The van der Waals surface area contributed by atoms with Gasteiger partial charge in [-0.05, 0) is 54.0 Å². The van der Waals surface area contributed by atoms with E-state index in [1.165, 1.54) is 0 Å². The van der Waals surface area contributed by atoms with Crippen LogP contribution in [0.4, 0.5) is 0 Å². The quantitative estimate of drug-likeness (QED) is 0.649. The third kappa shape index (κ3) is 3.48. The van der Waals surface area contributed by atoms with Crippen molar-refractivity contribution in [2.24, 2.45) is 11.3 Å². The van der Waals surface area contributed by atoms with Gasteiger partial charge in [0.2, 0.25) is 0 Å². The summed E-state index contributed by atoms with van der Waals surface area (Å²) >= 11 is 5.88. The van der Waals surface area contributed by atoms with Gasteiger partial charge in [0.1, 0.15) is 0 Å². The maximum Gasteiger partial charge on any atom is 0.162 e. The summed E-state index contributed by atoms with van der Waals surface area (Å²) in [7, 11) is 0. The molecule has 1 aliphatic carbocycles. The van der Waals surface area contributed by atoms with E-state index in [4.69, 9.17) is 11.6 Å². The molecule has 1 nitrogen and oxygen atoms in total. The number of hydrogen-bond acceptors (Lipinski definition) is 1. The highest BCUT2D eigenvalue weighted by atomic mass is 35.5. The zero-order valence-corrected chi connectivity index (χ0v) is 12.6. The summed E-state index contributed by atoms with van der Waals surface area (Å²) in [5, 5.41) is 0.727. The molecule has 1 fully saturated rings. The van der Waals surface area contributed by atoms with Gasteiger partial charge >= 0.3 is 0 Å². The Bertz CT molecular complexity index is 491. The number of Topliss-reactive ketones (excluding diaryl/α,β-unsaturated/α-hetero) is 1. The fraction of sp³-hybridized carbons (Fsp3) is 0.471. The van der Waals surface area contributed by atoms with Crippen molar-refractivity contribution in [3.05, 3.63) is 40.4 Å². The van der Waals surface area contributed by atoms with Crippen molar-refractivity contribution in [3.63, 3.8) is 0 Å². The Morgan fingerprint density at radius 3 is 2.42 bits per heavy atom. The average Bonchev–Trinajstić information content (AvgIpc) is 2.33. The second-order valence-corrected chi connectivity index (χ2v) is 6.83. The number of benzene rings is 1. The van der Waals surface area contributed by atoms with Crippen LogP contribution in [-0.2, 0) is 4.79 Å². The van der Waals surface area contributed by atoms with Gasteiger partial charge in [-0.1, -0.05) is 44.5 Å². The maximum atomic E-state index is 12.5. The van der Waals surface area contributed by atoms with Crippen molar-refractivity contribution in [1.82, 2.24) is 0 Å². The van der Waals surface area contributed by atoms with Crippen LogP contribution >= 0.6 is 11.6 Å². The molecule has 0 aromatic heterocycles. The van der Waals surface area contributed by atoms with Crippen LogP contribution < -0.4 is 0 Å². The maximum absolute atomic E-state index is 12.5. The summed E-state index contributed by atoms with van der Waals surface area (Å²) in [5.41, 5.74) is 2.08. The number of halogens is 1. The molecule has 0 radical (unpaired) electrons. The molecule has 1 unspecified atom stereocenters. The van der Waals surface area contributed by atoms with Gasteiger partial charge in [-0.25, -0.2) is 0 Å². The smallest absolute Gasteiger partial charge is 0.162 e. The minimum Gasteiger partial charge on any atom is -0.294 e. The third-order valence-electron chi connectivity index (χ3n) is 3.83. The van der Waals surface area contributed by atoms with Crippen molar-refractivity contribution in [3.8, 4) is 0 Å². The summed E-state index contributed by atoms with van der Waals surface area (Å²) < 4.78 is 0. The van der Waals surface area contributed by atoms with Crippen LogP contribution in [-0.4, -0.2) is 5.78 Å². The monoisotopic (exact) mass is 276 g/mol. The molecule has 1 aromatic rings. The molecule has 1 atom stereocenters. The fourth-order valence-corrected chi connectivity index (χ4v) is 2.83. The molecule has 1 saturated carbocycles. The number of carbonyl (C=O) groups is 1. The van der Waals surface area contributed by atoms with Gasteiger partial charge < -0.3 is 0 Å². The fourth-order valence-electron chi connectivity index (χ4n) is 2.70. The molecule has 0 bridgehead atoms. The summed E-state index contributed by atoms with van der Waals surface area (Å²) in [6, 6.07) is 7.65. The lowest BCUT2D eigenvalue weighted by molar-refractivity contribution is -0.123. The van der Waals surface area contributed by atoms with E-state index in [0.29, 0.717) is 5.78 Å². The molecular weight excluding hydrogens is 256 g/mol. The first-order chi connectivity index (χ1) is 8.88. The van der Waals surface area contributed by atoms with E-state index < -0.39 is 0 Å². The van der Waals surface area contributed by atoms with Crippen LogP contribution in [0.25, 0.3) is 6.08 Å². The second-order valence-electron chi connectivity index (χ2n) is 6.40. The van der Waals surface area contributed by atoms with Crippen molar-refractivity contribution < 1.29 is 4.79 Å². The van der Waals surface area contributed by atoms with Crippen LogP contribution in [0.3, 0.4) is 0 Å². The van der Waals surface area contributed by atoms with E-state index >= 15 is 0 Å². The molecule has 0 spiro atoms. The third-order valence-corrected chi connectivity index (χ3v) is 4.08. The van der Waals surface area contributed by atoms with Crippen LogP contribution in [0.5, 0.6) is 0 Å². The van der Waals surface area contributed by atoms with Gasteiger partial charge in [-0.2, -0.15) is 0 Å². The zero-order valence-electron chi connectivity index (χ0n) is 11.9. The number of rotatable bonds is 1.